The molecule has 5 heterocycles. The quantitative estimate of drug-likeness (QED) is 0.311. The number of aromatic nitrogens is 2. The molecular weight excluding hydrogens is 598 g/mol. The molecule has 2 amide bonds. The summed E-state index contributed by atoms with van der Waals surface area (Å²) in [4.78, 5) is 35.0. The van der Waals surface area contributed by atoms with Crippen molar-refractivity contribution in [1.29, 1.82) is 0 Å². The molecule has 238 valence electrons. The molecule has 1 N–H and O–H groups in total. The van der Waals surface area contributed by atoms with E-state index in [-0.39, 0.29) is 21.8 Å². The lowest BCUT2D eigenvalue weighted by Gasteiger charge is -2.45. The number of aryl methyl sites for hydroxylation is 1. The van der Waals surface area contributed by atoms with Crippen molar-refractivity contribution in [2.24, 2.45) is 0 Å². The number of amides is 2. The molecule has 10 heteroatoms. The van der Waals surface area contributed by atoms with Gasteiger partial charge in [-0.1, -0.05) is 42.5 Å². The van der Waals surface area contributed by atoms with Gasteiger partial charge in [0.2, 0.25) is 0 Å². The summed E-state index contributed by atoms with van der Waals surface area (Å²) in [5.74, 6) is 0.263. The number of hydrogen-bond acceptors (Lipinski definition) is 6. The van der Waals surface area contributed by atoms with E-state index in [1.165, 1.54) is 36.1 Å². The summed E-state index contributed by atoms with van der Waals surface area (Å²) >= 11 is 0. The van der Waals surface area contributed by atoms with Crippen LogP contribution in [0.5, 0.6) is 0 Å². The zero-order valence-corrected chi connectivity index (χ0v) is 26.9. The predicted octanol–water partition coefficient (Wildman–Crippen LogP) is 5.21. The van der Waals surface area contributed by atoms with Crippen LogP contribution < -0.4 is 4.72 Å². The molecule has 0 radical (unpaired) electrons. The number of carbonyl (C=O) groups excluding carboxylic acids is 2. The smallest absolute Gasteiger partial charge is 0.266 e. The van der Waals surface area contributed by atoms with E-state index in [0.29, 0.717) is 36.8 Å². The monoisotopic (exact) mass is 637 g/mol. The van der Waals surface area contributed by atoms with Gasteiger partial charge in [0.1, 0.15) is 10.7 Å². The van der Waals surface area contributed by atoms with Crippen LogP contribution >= 0.6 is 0 Å². The van der Waals surface area contributed by atoms with Gasteiger partial charge in [-0.3, -0.25) is 14.5 Å². The number of fused-ring (bicyclic) bond motifs is 4. The number of para-hydroxylation sites is 2. The van der Waals surface area contributed by atoms with E-state index in [4.69, 9.17) is 4.98 Å². The van der Waals surface area contributed by atoms with Crippen LogP contribution in [-0.4, -0.2) is 71.3 Å². The molecule has 4 aromatic rings. The Morgan fingerprint density at radius 3 is 2.37 bits per heavy atom. The highest BCUT2D eigenvalue weighted by Gasteiger charge is 2.44. The molecule has 46 heavy (non-hydrogen) atoms. The van der Waals surface area contributed by atoms with E-state index in [0.717, 1.165) is 50.0 Å². The average molecular weight is 638 g/mol. The van der Waals surface area contributed by atoms with Crippen molar-refractivity contribution in [1.82, 2.24) is 24.1 Å². The SMILES string of the molecule is Cc1nc2ccccc2n1C1C[C@H]2CC[C@@H](C1)N2CCC1(c2ccccc2)CCN(C(=O)c2ccc3c(c2)S(=O)(=O)NC3=O)CC1. The Balaban J connectivity index is 0.980. The van der Waals surface area contributed by atoms with Crippen LogP contribution in [0.1, 0.15) is 83.1 Å². The Bertz CT molecular complexity index is 1930. The predicted molar refractivity (Wildman–Crippen MR) is 175 cm³/mol. The summed E-state index contributed by atoms with van der Waals surface area (Å²) in [6.45, 7) is 4.37. The first kappa shape index (κ1) is 29.4. The lowest BCUT2D eigenvalue weighted by Crippen LogP contribution is -2.49. The molecule has 4 aliphatic heterocycles. The van der Waals surface area contributed by atoms with Crippen molar-refractivity contribution in [3.8, 4) is 0 Å². The highest BCUT2D eigenvalue weighted by molar-refractivity contribution is 7.90. The number of nitrogens with zero attached hydrogens (tertiary/aromatic N) is 4. The molecule has 1 aromatic heterocycles. The van der Waals surface area contributed by atoms with E-state index >= 15 is 0 Å². The van der Waals surface area contributed by atoms with Gasteiger partial charge in [-0.25, -0.2) is 18.1 Å². The molecule has 3 saturated heterocycles. The molecule has 3 fully saturated rings. The van der Waals surface area contributed by atoms with Gasteiger partial charge in [0, 0.05) is 36.8 Å². The van der Waals surface area contributed by atoms with Gasteiger partial charge in [-0.2, -0.15) is 0 Å². The fraction of sp³-hybridized carbons (Fsp3) is 0.417. The Morgan fingerprint density at radius 1 is 0.935 bits per heavy atom. The highest BCUT2D eigenvalue weighted by atomic mass is 32.2. The maximum atomic E-state index is 13.6. The number of rotatable bonds is 6. The summed E-state index contributed by atoms with van der Waals surface area (Å²) < 4.78 is 29.3. The number of sulfonamides is 1. The van der Waals surface area contributed by atoms with Gasteiger partial charge in [0.15, 0.2) is 0 Å². The molecule has 3 aromatic carbocycles. The summed E-state index contributed by atoms with van der Waals surface area (Å²) in [6, 6.07) is 25.2. The second kappa shape index (κ2) is 11.1. The van der Waals surface area contributed by atoms with Crippen LogP contribution in [0.25, 0.3) is 11.0 Å². The highest BCUT2D eigenvalue weighted by Crippen LogP contribution is 2.45. The molecule has 1 unspecified atom stereocenters. The third-order valence-corrected chi connectivity index (χ3v) is 12.6. The van der Waals surface area contributed by atoms with Crippen LogP contribution in [-0.2, 0) is 15.4 Å². The number of likely N-dealkylation sites (tertiary alicyclic amines) is 1. The number of imidazole rings is 1. The number of carbonyl (C=O) groups is 2. The van der Waals surface area contributed by atoms with Crippen LogP contribution in [0.2, 0.25) is 0 Å². The first-order valence-corrected chi connectivity index (χ1v) is 18.0. The zero-order valence-electron chi connectivity index (χ0n) is 26.1. The minimum Gasteiger partial charge on any atom is -0.339 e. The molecule has 4 aliphatic rings. The lowest BCUT2D eigenvalue weighted by molar-refractivity contribution is 0.0606. The summed E-state index contributed by atoms with van der Waals surface area (Å²) in [5.41, 5.74) is 4.00. The van der Waals surface area contributed by atoms with Crippen LogP contribution in [0.15, 0.2) is 77.7 Å². The minimum atomic E-state index is -3.93. The van der Waals surface area contributed by atoms with Gasteiger partial charge in [-0.15, -0.1) is 0 Å². The second-order valence-corrected chi connectivity index (χ2v) is 15.3. The number of nitrogens with one attached hydrogen (secondary N) is 1. The van der Waals surface area contributed by atoms with Crippen LogP contribution in [0.4, 0.5) is 0 Å². The number of hydrogen-bond donors (Lipinski definition) is 1. The van der Waals surface area contributed by atoms with Gasteiger partial charge in [-0.05, 0) is 99.7 Å². The molecule has 9 nitrogen and oxygen atoms in total. The van der Waals surface area contributed by atoms with Gasteiger partial charge >= 0.3 is 0 Å². The van der Waals surface area contributed by atoms with Crippen molar-refractivity contribution < 1.29 is 18.0 Å². The molecule has 3 atom stereocenters. The van der Waals surface area contributed by atoms with Crippen molar-refractivity contribution in [3.05, 3.63) is 95.3 Å². The number of piperidine rings is 2. The maximum Gasteiger partial charge on any atom is 0.266 e. The Hall–Kier alpha value is -4.02. The standard InChI is InChI=1S/C36H39N5O4S/c1-24-37-31-9-5-6-10-32(31)41(24)29-22-27-12-13-28(23-29)40(27)20-17-36(26-7-3-2-4-8-26)15-18-39(19-16-36)35(43)25-11-14-30-33(21-25)46(44,45)38-34(30)42/h2-11,14,21,27-29H,12-13,15-20,22-23H2,1H3,(H,38,42)/t27-,28+,29?. The van der Waals surface area contributed by atoms with E-state index in [1.807, 2.05) is 9.62 Å². The van der Waals surface area contributed by atoms with Crippen molar-refractivity contribution in [3.63, 3.8) is 0 Å². The third-order valence-electron chi connectivity index (χ3n) is 11.2. The molecule has 0 saturated carbocycles. The van der Waals surface area contributed by atoms with E-state index in [1.54, 1.807) is 6.07 Å². The average Bonchev–Trinajstić information content (AvgIpc) is 3.62. The molecule has 0 spiro atoms. The fourth-order valence-electron chi connectivity index (χ4n) is 8.88. The van der Waals surface area contributed by atoms with Gasteiger partial charge < -0.3 is 9.47 Å². The maximum absolute atomic E-state index is 13.6. The second-order valence-electron chi connectivity index (χ2n) is 13.6. The largest absolute Gasteiger partial charge is 0.339 e. The molecular formula is C36H39N5O4S. The molecule has 0 aliphatic carbocycles. The first-order chi connectivity index (χ1) is 22.2. The normalized spacial score (nSPS) is 25.0. The summed E-state index contributed by atoms with van der Waals surface area (Å²) in [5, 5.41) is 0. The van der Waals surface area contributed by atoms with Crippen LogP contribution in [0, 0.1) is 6.92 Å². The van der Waals surface area contributed by atoms with Crippen molar-refractivity contribution in [2.75, 3.05) is 19.6 Å². The van der Waals surface area contributed by atoms with E-state index in [2.05, 4.69) is 71.0 Å². The minimum absolute atomic E-state index is 0.0386. The topological polar surface area (TPSA) is 105 Å². The summed E-state index contributed by atoms with van der Waals surface area (Å²) in [7, 11) is -3.93. The Labute approximate surface area is 269 Å². The van der Waals surface area contributed by atoms with Crippen molar-refractivity contribution in [2.45, 2.75) is 80.3 Å². The van der Waals surface area contributed by atoms with Crippen LogP contribution in [0.3, 0.4) is 0 Å². The Morgan fingerprint density at radius 2 is 1.63 bits per heavy atom. The van der Waals surface area contributed by atoms with Gasteiger partial charge in [0.25, 0.3) is 21.8 Å². The fourth-order valence-corrected chi connectivity index (χ4v) is 10.1. The zero-order chi connectivity index (χ0) is 31.6. The Kier molecular flexibility index (Phi) is 7.06. The number of benzene rings is 3. The van der Waals surface area contributed by atoms with E-state index in [9.17, 15) is 18.0 Å². The summed E-state index contributed by atoms with van der Waals surface area (Å²) in [6.07, 6.45) is 7.51. The van der Waals surface area contributed by atoms with Crippen molar-refractivity contribution >= 4 is 32.9 Å². The third kappa shape index (κ3) is 4.84. The van der Waals surface area contributed by atoms with Gasteiger partial charge in [0.05, 0.1) is 16.6 Å². The lowest BCUT2D eigenvalue weighted by atomic mass is 9.70. The van der Waals surface area contributed by atoms with E-state index < -0.39 is 15.9 Å². The molecule has 8 rings (SSSR count). The molecule has 2 bridgehead atoms. The first-order valence-electron chi connectivity index (χ1n) is 16.5.